The number of carbonyl (C=O) groups is 1. The van der Waals surface area contributed by atoms with Gasteiger partial charge in [-0.15, -0.1) is 6.42 Å². The van der Waals surface area contributed by atoms with Gasteiger partial charge in [-0.05, 0) is 36.8 Å². The van der Waals surface area contributed by atoms with E-state index in [0.717, 1.165) is 0 Å². The van der Waals surface area contributed by atoms with Crippen molar-refractivity contribution in [2.24, 2.45) is 16.6 Å². The molecular weight excluding hydrogens is 361 g/mol. The third-order valence-corrected chi connectivity index (χ3v) is 4.81. The number of nitrogens with one attached hydrogen (secondary N) is 1. The number of terminal acetylenes is 1. The number of rotatable bonds is 3. The fourth-order valence-electron chi connectivity index (χ4n) is 3.34. The molecule has 2 heterocycles. The van der Waals surface area contributed by atoms with Crippen molar-refractivity contribution in [3.8, 4) is 18.4 Å². The number of halogens is 1. The Bertz CT molecular complexity index is 1080. The first kappa shape index (κ1) is 17.5. The molecule has 3 atom stereocenters. The lowest BCUT2D eigenvalue weighted by Gasteiger charge is -2.29. The first-order chi connectivity index (χ1) is 13.5. The number of anilines is 1. The van der Waals surface area contributed by atoms with Gasteiger partial charge in [-0.1, -0.05) is 5.92 Å². The standard InChI is InChI=1S/C20H14FN5O2/c1-2-20(14-8-17(14)28-19(23)26-20)13-7-12(4-5-15(13)21)25-18(27)16-6-3-11(9-22)10-24-16/h1,3-7,10,14,17H,8H2,(H2,23,26)(H,25,27)/t14-,17+,20+/m0/s1. The molecule has 1 amide bonds. The molecule has 1 aromatic carbocycles. The summed E-state index contributed by atoms with van der Waals surface area (Å²) >= 11 is 0. The molecule has 1 saturated carbocycles. The van der Waals surface area contributed by atoms with Gasteiger partial charge in [0.2, 0.25) is 0 Å². The molecule has 1 aromatic heterocycles. The van der Waals surface area contributed by atoms with Crippen LogP contribution in [-0.4, -0.2) is 23.0 Å². The Kier molecular flexibility index (Phi) is 3.98. The summed E-state index contributed by atoms with van der Waals surface area (Å²) in [7, 11) is 0. The molecule has 0 unspecified atom stereocenters. The first-order valence-electron chi connectivity index (χ1n) is 8.44. The number of nitrogens with zero attached hydrogens (tertiary/aromatic N) is 3. The smallest absolute Gasteiger partial charge is 0.284 e. The minimum Gasteiger partial charge on any atom is -0.462 e. The second-order valence-corrected chi connectivity index (χ2v) is 6.55. The van der Waals surface area contributed by atoms with Crippen molar-refractivity contribution in [2.75, 3.05) is 5.32 Å². The molecule has 1 aliphatic heterocycles. The molecule has 1 fully saturated rings. The van der Waals surface area contributed by atoms with Crippen LogP contribution < -0.4 is 11.1 Å². The molecule has 0 spiro atoms. The van der Waals surface area contributed by atoms with Crippen LogP contribution in [0.1, 0.15) is 28.0 Å². The number of hydrogen-bond acceptors (Lipinski definition) is 6. The molecule has 0 saturated heterocycles. The summed E-state index contributed by atoms with van der Waals surface area (Å²) in [5, 5.41) is 11.5. The zero-order valence-corrected chi connectivity index (χ0v) is 14.5. The highest BCUT2D eigenvalue weighted by atomic mass is 19.1. The fraction of sp³-hybridized carbons (Fsp3) is 0.200. The molecular formula is C20H14FN5O2. The van der Waals surface area contributed by atoms with Gasteiger partial charge in [0.25, 0.3) is 11.9 Å². The molecule has 0 radical (unpaired) electrons. The van der Waals surface area contributed by atoms with Crippen LogP contribution >= 0.6 is 0 Å². The van der Waals surface area contributed by atoms with Crippen molar-refractivity contribution >= 4 is 17.6 Å². The summed E-state index contributed by atoms with van der Waals surface area (Å²) in [5.74, 6) is 1.35. The van der Waals surface area contributed by atoms with Crippen molar-refractivity contribution in [2.45, 2.75) is 18.1 Å². The SMILES string of the molecule is C#C[C@]1(c2cc(NC(=O)c3ccc(C#N)cn3)ccc2F)N=C(N)O[C@@H]2C[C@@H]21. The van der Waals surface area contributed by atoms with Crippen LogP contribution in [0.15, 0.2) is 41.5 Å². The third-order valence-electron chi connectivity index (χ3n) is 4.81. The third kappa shape index (κ3) is 2.81. The Hall–Kier alpha value is -3.91. The van der Waals surface area contributed by atoms with Gasteiger partial charge in [-0.25, -0.2) is 14.4 Å². The molecule has 7 nitrogen and oxygen atoms in total. The molecule has 2 aliphatic rings. The molecule has 138 valence electrons. The van der Waals surface area contributed by atoms with Gasteiger partial charge in [0.1, 0.15) is 23.7 Å². The molecule has 0 bridgehead atoms. The number of ether oxygens (including phenoxy) is 1. The molecule has 1 aliphatic carbocycles. The number of hydrogen-bond donors (Lipinski definition) is 2. The first-order valence-corrected chi connectivity index (χ1v) is 8.44. The van der Waals surface area contributed by atoms with Crippen LogP contribution in [0.25, 0.3) is 0 Å². The molecule has 8 heteroatoms. The zero-order valence-electron chi connectivity index (χ0n) is 14.5. The fourth-order valence-corrected chi connectivity index (χ4v) is 3.34. The summed E-state index contributed by atoms with van der Waals surface area (Å²) in [4.78, 5) is 20.6. The van der Waals surface area contributed by atoms with Crippen LogP contribution in [0.3, 0.4) is 0 Å². The summed E-state index contributed by atoms with van der Waals surface area (Å²) in [5.41, 5.74) is 5.39. The van der Waals surface area contributed by atoms with E-state index in [4.69, 9.17) is 22.2 Å². The number of pyridine rings is 1. The van der Waals surface area contributed by atoms with E-state index in [9.17, 15) is 9.18 Å². The molecule has 28 heavy (non-hydrogen) atoms. The van der Waals surface area contributed by atoms with E-state index in [0.29, 0.717) is 17.7 Å². The van der Waals surface area contributed by atoms with Crippen LogP contribution in [0.4, 0.5) is 10.1 Å². The van der Waals surface area contributed by atoms with Gasteiger partial charge in [-0.2, -0.15) is 5.26 Å². The van der Waals surface area contributed by atoms with Gasteiger partial charge in [0, 0.05) is 23.4 Å². The van der Waals surface area contributed by atoms with Crippen molar-refractivity contribution in [1.82, 2.24) is 4.98 Å². The zero-order chi connectivity index (χ0) is 19.9. The van der Waals surface area contributed by atoms with Crippen molar-refractivity contribution in [1.29, 1.82) is 5.26 Å². The van der Waals surface area contributed by atoms with Crippen molar-refractivity contribution < 1.29 is 13.9 Å². The molecule has 2 aromatic rings. The quantitative estimate of drug-likeness (QED) is 0.796. The van der Waals surface area contributed by atoms with Crippen molar-refractivity contribution in [3.05, 3.63) is 59.2 Å². The van der Waals surface area contributed by atoms with E-state index in [1.165, 1.54) is 36.5 Å². The second kappa shape index (κ2) is 6.36. The molecule has 4 rings (SSSR count). The number of amidine groups is 1. The highest BCUT2D eigenvalue weighted by molar-refractivity contribution is 6.02. The van der Waals surface area contributed by atoms with E-state index < -0.39 is 17.3 Å². The second-order valence-electron chi connectivity index (χ2n) is 6.55. The highest BCUT2D eigenvalue weighted by Gasteiger charge is 2.59. The Morgan fingerprint density at radius 1 is 1.43 bits per heavy atom. The summed E-state index contributed by atoms with van der Waals surface area (Å²) in [6, 6.07) is 8.85. The van der Waals surface area contributed by atoms with E-state index in [2.05, 4.69) is 21.2 Å². The minimum atomic E-state index is -1.27. The Morgan fingerprint density at radius 2 is 2.25 bits per heavy atom. The number of carbonyl (C=O) groups excluding carboxylic acids is 1. The summed E-state index contributed by atoms with van der Waals surface area (Å²) in [6.07, 6.45) is 7.46. The van der Waals surface area contributed by atoms with Gasteiger partial charge in [0.15, 0.2) is 5.54 Å². The average Bonchev–Trinajstić information content (AvgIpc) is 3.48. The average molecular weight is 375 g/mol. The van der Waals surface area contributed by atoms with Crippen LogP contribution in [-0.2, 0) is 10.3 Å². The van der Waals surface area contributed by atoms with Crippen LogP contribution in [0.5, 0.6) is 0 Å². The van der Waals surface area contributed by atoms with E-state index >= 15 is 0 Å². The van der Waals surface area contributed by atoms with Crippen LogP contribution in [0.2, 0.25) is 0 Å². The van der Waals surface area contributed by atoms with E-state index in [-0.39, 0.29) is 29.3 Å². The number of nitriles is 1. The lowest BCUT2D eigenvalue weighted by atomic mass is 9.85. The van der Waals surface area contributed by atoms with Gasteiger partial charge in [-0.3, -0.25) is 4.79 Å². The largest absolute Gasteiger partial charge is 0.462 e. The number of aromatic nitrogens is 1. The number of aliphatic imine (C=N–C) groups is 1. The Balaban J connectivity index is 1.66. The van der Waals surface area contributed by atoms with Gasteiger partial charge < -0.3 is 15.8 Å². The maximum atomic E-state index is 14.6. The topological polar surface area (TPSA) is 113 Å². The predicted molar refractivity (Wildman–Crippen MR) is 98.4 cm³/mol. The number of amides is 1. The van der Waals surface area contributed by atoms with Crippen molar-refractivity contribution in [3.63, 3.8) is 0 Å². The predicted octanol–water partition coefficient (Wildman–Crippen LogP) is 1.91. The Labute approximate surface area is 160 Å². The Morgan fingerprint density at radius 3 is 2.93 bits per heavy atom. The highest BCUT2D eigenvalue weighted by Crippen LogP contribution is 2.53. The monoisotopic (exact) mass is 375 g/mol. The van der Waals surface area contributed by atoms with E-state index in [1.54, 1.807) is 0 Å². The van der Waals surface area contributed by atoms with E-state index in [1.807, 2.05) is 6.07 Å². The van der Waals surface area contributed by atoms with Gasteiger partial charge >= 0.3 is 0 Å². The number of nitrogens with two attached hydrogens (primary N) is 1. The normalized spacial score (nSPS) is 24.6. The van der Waals surface area contributed by atoms with Crippen LogP contribution in [0, 0.1) is 35.4 Å². The maximum Gasteiger partial charge on any atom is 0.284 e. The lowest BCUT2D eigenvalue weighted by Crippen LogP contribution is -2.37. The maximum absolute atomic E-state index is 14.6. The van der Waals surface area contributed by atoms with Gasteiger partial charge in [0.05, 0.1) is 5.56 Å². The summed E-state index contributed by atoms with van der Waals surface area (Å²) in [6.45, 7) is 0. The summed E-state index contributed by atoms with van der Waals surface area (Å²) < 4.78 is 20.0. The molecule has 3 N–H and O–H groups in total. The lowest BCUT2D eigenvalue weighted by molar-refractivity contribution is 0.102. The number of fused-ring (bicyclic) bond motifs is 1. The number of benzene rings is 1. The minimum absolute atomic E-state index is 0.0766.